The third-order valence-corrected chi connectivity index (χ3v) is 6.72. The van der Waals surface area contributed by atoms with Gasteiger partial charge in [0.1, 0.15) is 11.5 Å². The quantitative estimate of drug-likeness (QED) is 0.501. The van der Waals surface area contributed by atoms with E-state index in [0.29, 0.717) is 30.3 Å². The lowest BCUT2D eigenvalue weighted by Gasteiger charge is -2.33. The molecule has 1 aliphatic heterocycles. The van der Waals surface area contributed by atoms with Crippen molar-refractivity contribution in [1.29, 1.82) is 0 Å². The van der Waals surface area contributed by atoms with E-state index >= 15 is 0 Å². The number of thiazole rings is 1. The van der Waals surface area contributed by atoms with Crippen molar-refractivity contribution in [3.63, 3.8) is 0 Å². The molecule has 4 aromatic rings. The zero-order chi connectivity index (χ0) is 20.1. The van der Waals surface area contributed by atoms with E-state index < -0.39 is 6.10 Å². The number of benzene rings is 2. The van der Waals surface area contributed by atoms with E-state index in [1.807, 2.05) is 33.3 Å². The summed E-state index contributed by atoms with van der Waals surface area (Å²) in [4.78, 5) is 2.98. The van der Waals surface area contributed by atoms with Crippen LogP contribution in [0.15, 0.2) is 36.4 Å². The molecule has 0 amide bonds. The van der Waals surface area contributed by atoms with Gasteiger partial charge >= 0.3 is 0 Å². The van der Waals surface area contributed by atoms with Crippen LogP contribution in [0.25, 0.3) is 15.2 Å². The highest BCUT2D eigenvalue weighted by molar-refractivity contribution is 7.71. The van der Waals surface area contributed by atoms with Crippen LogP contribution in [0.4, 0.5) is 0 Å². The van der Waals surface area contributed by atoms with Crippen LogP contribution in [-0.2, 0) is 13.2 Å². The van der Waals surface area contributed by atoms with Gasteiger partial charge in [-0.25, -0.2) is 4.68 Å². The lowest BCUT2D eigenvalue weighted by molar-refractivity contribution is 0.0671. The number of aromatic nitrogens is 3. The van der Waals surface area contributed by atoms with Crippen molar-refractivity contribution in [2.75, 3.05) is 20.8 Å². The SMILES string of the molecule is COc1ccc(OC)c2c1CN(Cn1nc3sc4ccccc4n3c1=S)CC2O. The van der Waals surface area contributed by atoms with E-state index in [1.54, 1.807) is 25.6 Å². The Labute approximate surface area is 176 Å². The first kappa shape index (κ1) is 18.6. The summed E-state index contributed by atoms with van der Waals surface area (Å²) in [6.07, 6.45) is -0.678. The molecule has 3 heterocycles. The van der Waals surface area contributed by atoms with Gasteiger partial charge in [0.25, 0.3) is 0 Å². The van der Waals surface area contributed by atoms with E-state index in [1.165, 1.54) is 0 Å². The van der Waals surface area contributed by atoms with Crippen LogP contribution in [0, 0.1) is 4.77 Å². The van der Waals surface area contributed by atoms with Gasteiger partial charge in [0, 0.05) is 24.2 Å². The van der Waals surface area contributed by atoms with Gasteiger partial charge in [-0.1, -0.05) is 23.5 Å². The molecule has 0 bridgehead atoms. The van der Waals surface area contributed by atoms with Crippen molar-refractivity contribution in [2.24, 2.45) is 0 Å². The molecule has 2 aromatic carbocycles. The number of methoxy groups -OCH3 is 2. The molecule has 1 N–H and O–H groups in total. The topological polar surface area (TPSA) is 64.2 Å². The summed E-state index contributed by atoms with van der Waals surface area (Å²) >= 11 is 7.33. The van der Waals surface area contributed by atoms with E-state index in [4.69, 9.17) is 26.8 Å². The summed E-state index contributed by atoms with van der Waals surface area (Å²) in [6, 6.07) is 11.9. The Kier molecular flexibility index (Phi) is 4.54. The third kappa shape index (κ3) is 2.93. The molecule has 5 rings (SSSR count). The Morgan fingerprint density at radius 1 is 1.17 bits per heavy atom. The van der Waals surface area contributed by atoms with Crippen molar-refractivity contribution in [2.45, 2.75) is 19.3 Å². The second kappa shape index (κ2) is 7.10. The van der Waals surface area contributed by atoms with Crippen LogP contribution in [0.2, 0.25) is 0 Å². The smallest absolute Gasteiger partial charge is 0.216 e. The van der Waals surface area contributed by atoms with Gasteiger partial charge in [-0.2, -0.15) is 0 Å². The minimum Gasteiger partial charge on any atom is -0.496 e. The molecule has 9 heteroatoms. The largest absolute Gasteiger partial charge is 0.496 e. The number of para-hydroxylation sites is 1. The van der Waals surface area contributed by atoms with Gasteiger partial charge in [-0.15, -0.1) is 5.10 Å². The maximum absolute atomic E-state index is 10.8. The number of rotatable bonds is 4. The van der Waals surface area contributed by atoms with E-state index in [9.17, 15) is 5.11 Å². The summed E-state index contributed by atoms with van der Waals surface area (Å²) in [5, 5.41) is 15.5. The molecule has 1 atom stereocenters. The summed E-state index contributed by atoms with van der Waals surface area (Å²) < 4.78 is 16.6. The fraction of sp³-hybridized carbons (Fsp3) is 0.300. The van der Waals surface area contributed by atoms with Crippen molar-refractivity contribution >= 4 is 38.7 Å². The molecule has 7 nitrogen and oxygen atoms in total. The first-order chi connectivity index (χ1) is 14.1. The Hall–Kier alpha value is -2.46. The molecule has 0 radical (unpaired) electrons. The van der Waals surface area contributed by atoms with Crippen molar-refractivity contribution in [3.05, 3.63) is 52.3 Å². The third-order valence-electron chi connectivity index (χ3n) is 5.31. The Morgan fingerprint density at radius 3 is 2.72 bits per heavy atom. The predicted molar refractivity (Wildman–Crippen MR) is 114 cm³/mol. The molecular weight excluding hydrogens is 408 g/mol. The monoisotopic (exact) mass is 428 g/mol. The van der Waals surface area contributed by atoms with Crippen LogP contribution in [0.3, 0.4) is 0 Å². The zero-order valence-electron chi connectivity index (χ0n) is 16.0. The Balaban J connectivity index is 1.51. The summed E-state index contributed by atoms with van der Waals surface area (Å²) in [7, 11) is 3.25. The van der Waals surface area contributed by atoms with Crippen LogP contribution in [0.5, 0.6) is 11.5 Å². The predicted octanol–water partition coefficient (Wildman–Crippen LogP) is 3.60. The number of fused-ring (bicyclic) bond motifs is 4. The molecular formula is C20H20N4O3S2. The average molecular weight is 429 g/mol. The minimum atomic E-state index is -0.678. The van der Waals surface area contributed by atoms with Crippen LogP contribution in [-0.4, -0.2) is 45.0 Å². The van der Waals surface area contributed by atoms with Gasteiger partial charge < -0.3 is 14.6 Å². The number of ether oxygens (including phenoxy) is 2. The lowest BCUT2D eigenvalue weighted by atomic mass is 9.95. The first-order valence-electron chi connectivity index (χ1n) is 9.22. The number of hydrogen-bond donors (Lipinski definition) is 1. The number of β-amino-alcohol motifs (C(OH)–C–C–N with tert-alkyl or cyclic N) is 1. The maximum atomic E-state index is 10.8. The van der Waals surface area contributed by atoms with Gasteiger partial charge in [-0.3, -0.25) is 9.30 Å². The van der Waals surface area contributed by atoms with Gasteiger partial charge in [0.15, 0.2) is 0 Å². The number of aliphatic hydroxyl groups is 1. The lowest BCUT2D eigenvalue weighted by Crippen LogP contribution is -2.36. The molecule has 2 aromatic heterocycles. The summed E-state index contributed by atoms with van der Waals surface area (Å²) in [5.41, 5.74) is 2.80. The Morgan fingerprint density at radius 2 is 1.93 bits per heavy atom. The first-order valence-corrected chi connectivity index (χ1v) is 10.4. The van der Waals surface area contributed by atoms with E-state index in [-0.39, 0.29) is 0 Å². The molecule has 1 unspecified atom stereocenters. The van der Waals surface area contributed by atoms with Crippen LogP contribution in [0.1, 0.15) is 17.2 Å². The van der Waals surface area contributed by atoms with E-state index in [0.717, 1.165) is 32.1 Å². The van der Waals surface area contributed by atoms with Crippen LogP contribution >= 0.6 is 23.6 Å². The minimum absolute atomic E-state index is 0.463. The average Bonchev–Trinajstić information content (AvgIpc) is 3.23. The molecule has 0 saturated carbocycles. The molecule has 29 heavy (non-hydrogen) atoms. The molecule has 150 valence electrons. The fourth-order valence-electron chi connectivity index (χ4n) is 4.02. The molecule has 0 fully saturated rings. The molecule has 0 saturated heterocycles. The molecule has 1 aliphatic rings. The van der Waals surface area contributed by atoms with Crippen molar-refractivity contribution < 1.29 is 14.6 Å². The summed E-state index contributed by atoms with van der Waals surface area (Å²) in [6.45, 7) is 1.56. The Bertz CT molecular complexity index is 1280. The second-order valence-corrected chi connectivity index (χ2v) is 8.38. The molecule has 0 spiro atoms. The summed E-state index contributed by atoms with van der Waals surface area (Å²) in [5.74, 6) is 1.42. The van der Waals surface area contributed by atoms with Gasteiger partial charge in [-0.05, 0) is 36.5 Å². The van der Waals surface area contributed by atoms with Crippen molar-refractivity contribution in [3.8, 4) is 11.5 Å². The highest BCUT2D eigenvalue weighted by atomic mass is 32.1. The maximum Gasteiger partial charge on any atom is 0.216 e. The van der Waals surface area contributed by atoms with E-state index in [2.05, 4.69) is 17.0 Å². The zero-order valence-corrected chi connectivity index (χ0v) is 17.7. The van der Waals surface area contributed by atoms with Gasteiger partial charge in [0.2, 0.25) is 9.73 Å². The van der Waals surface area contributed by atoms with Gasteiger partial charge in [0.05, 0.1) is 37.2 Å². The fourth-order valence-corrected chi connectivity index (χ4v) is 5.38. The highest BCUT2D eigenvalue weighted by Crippen LogP contribution is 2.39. The second-order valence-electron chi connectivity index (χ2n) is 7.00. The number of hydrogen-bond acceptors (Lipinski definition) is 7. The normalized spacial score (nSPS) is 17.0. The van der Waals surface area contributed by atoms with Crippen LogP contribution < -0.4 is 9.47 Å². The standard InChI is InChI=1S/C20H20N4O3S2/c1-26-15-7-8-16(27-2)18-12(15)9-22(10-14(18)25)11-23-20(28)24-13-5-3-4-6-17(13)29-19(24)21-23/h3-8,14,25H,9-11H2,1-2H3. The number of nitrogens with zero attached hydrogens (tertiary/aromatic N) is 4. The highest BCUT2D eigenvalue weighted by Gasteiger charge is 2.30. The number of aliphatic hydroxyl groups excluding tert-OH is 1. The molecule has 0 aliphatic carbocycles. The van der Waals surface area contributed by atoms with Crippen molar-refractivity contribution in [1.82, 2.24) is 19.1 Å².